The summed E-state index contributed by atoms with van der Waals surface area (Å²) in [5.41, 5.74) is 0.790. The molecule has 0 bridgehead atoms. The molecule has 1 aliphatic rings. The Morgan fingerprint density at radius 3 is 2.47 bits per heavy atom. The third kappa shape index (κ3) is 2.23. The number of nitrogens with one attached hydrogen (secondary N) is 1. The normalized spacial score (nSPS) is 18.0. The van der Waals surface area contributed by atoms with E-state index in [1.807, 2.05) is 0 Å². The van der Waals surface area contributed by atoms with Crippen LogP contribution < -0.4 is 0 Å². The standard InChI is InChI=1S/C10H13N3O2/c14-9-3-1-2-4-10(15)13(9)6-8-5-11-7-12-8/h5,7H,1-4,6H2,(H,11,12). The maximum atomic E-state index is 11.6. The molecule has 1 saturated heterocycles. The summed E-state index contributed by atoms with van der Waals surface area (Å²) >= 11 is 0. The number of imidazole rings is 1. The van der Waals surface area contributed by atoms with Crippen molar-refractivity contribution >= 4 is 11.8 Å². The summed E-state index contributed by atoms with van der Waals surface area (Å²) in [6.45, 7) is 0.317. The number of H-pyrrole nitrogens is 1. The Balaban J connectivity index is 2.10. The zero-order chi connectivity index (χ0) is 10.7. The molecular weight excluding hydrogens is 194 g/mol. The number of amides is 2. The number of aromatic amines is 1. The number of aromatic nitrogens is 2. The van der Waals surface area contributed by atoms with Crippen molar-refractivity contribution in [3.05, 3.63) is 18.2 Å². The Bertz CT molecular complexity index is 341. The molecule has 0 saturated carbocycles. The molecule has 1 fully saturated rings. The van der Waals surface area contributed by atoms with E-state index in [1.165, 1.54) is 4.90 Å². The molecule has 5 heteroatoms. The van der Waals surface area contributed by atoms with Gasteiger partial charge in [0.1, 0.15) is 0 Å². The van der Waals surface area contributed by atoms with Crippen molar-refractivity contribution in [1.82, 2.24) is 14.9 Å². The largest absolute Gasteiger partial charge is 0.347 e. The van der Waals surface area contributed by atoms with Crippen LogP contribution in [0.1, 0.15) is 31.4 Å². The van der Waals surface area contributed by atoms with Gasteiger partial charge in [-0.1, -0.05) is 0 Å². The first-order valence-corrected chi connectivity index (χ1v) is 5.08. The lowest BCUT2D eigenvalue weighted by Gasteiger charge is -2.17. The highest BCUT2D eigenvalue weighted by atomic mass is 16.2. The van der Waals surface area contributed by atoms with Gasteiger partial charge in [-0.15, -0.1) is 0 Å². The van der Waals surface area contributed by atoms with Crippen molar-refractivity contribution < 1.29 is 9.59 Å². The molecular formula is C10H13N3O2. The highest BCUT2D eigenvalue weighted by Gasteiger charge is 2.24. The van der Waals surface area contributed by atoms with Crippen LogP contribution in [0.4, 0.5) is 0 Å². The Kier molecular flexibility index (Phi) is 2.80. The molecule has 2 heterocycles. The fourth-order valence-electron chi connectivity index (χ4n) is 1.68. The van der Waals surface area contributed by atoms with Crippen LogP contribution in [0.3, 0.4) is 0 Å². The second kappa shape index (κ2) is 4.25. The Morgan fingerprint density at radius 1 is 1.27 bits per heavy atom. The van der Waals surface area contributed by atoms with Crippen molar-refractivity contribution in [2.24, 2.45) is 0 Å². The number of likely N-dealkylation sites (tertiary alicyclic amines) is 1. The number of carbonyl (C=O) groups excluding carboxylic acids is 2. The molecule has 1 aromatic rings. The Labute approximate surface area is 87.5 Å². The average molecular weight is 207 g/mol. The highest BCUT2D eigenvalue weighted by Crippen LogP contribution is 2.14. The fourth-order valence-corrected chi connectivity index (χ4v) is 1.68. The molecule has 1 N–H and O–H groups in total. The maximum Gasteiger partial charge on any atom is 0.229 e. The van der Waals surface area contributed by atoms with Crippen LogP contribution in [0, 0.1) is 0 Å². The van der Waals surface area contributed by atoms with E-state index in [-0.39, 0.29) is 11.8 Å². The lowest BCUT2D eigenvalue weighted by atomic mass is 10.2. The quantitative estimate of drug-likeness (QED) is 0.731. The number of imide groups is 1. The molecule has 0 spiro atoms. The van der Waals surface area contributed by atoms with Crippen molar-refractivity contribution in [1.29, 1.82) is 0 Å². The van der Waals surface area contributed by atoms with Crippen molar-refractivity contribution in [3.8, 4) is 0 Å². The smallest absolute Gasteiger partial charge is 0.229 e. The number of carbonyl (C=O) groups is 2. The lowest BCUT2D eigenvalue weighted by molar-refractivity contribution is -0.144. The summed E-state index contributed by atoms with van der Waals surface area (Å²) in [6.07, 6.45) is 5.74. The molecule has 2 rings (SSSR count). The van der Waals surface area contributed by atoms with Crippen LogP contribution in [-0.2, 0) is 16.1 Å². The van der Waals surface area contributed by atoms with Crippen LogP contribution in [0.2, 0.25) is 0 Å². The first kappa shape index (κ1) is 9.89. The second-order valence-electron chi connectivity index (χ2n) is 3.66. The monoisotopic (exact) mass is 207 g/mol. The summed E-state index contributed by atoms with van der Waals surface area (Å²) in [7, 11) is 0. The number of nitrogens with zero attached hydrogens (tertiary/aromatic N) is 2. The summed E-state index contributed by atoms with van der Waals surface area (Å²) in [5.74, 6) is -0.154. The summed E-state index contributed by atoms with van der Waals surface area (Å²) in [4.78, 5) is 31.3. The molecule has 15 heavy (non-hydrogen) atoms. The molecule has 0 unspecified atom stereocenters. The van der Waals surface area contributed by atoms with Crippen LogP contribution in [0.5, 0.6) is 0 Å². The van der Waals surface area contributed by atoms with Gasteiger partial charge in [0.2, 0.25) is 11.8 Å². The van der Waals surface area contributed by atoms with Gasteiger partial charge in [-0.2, -0.15) is 0 Å². The second-order valence-corrected chi connectivity index (χ2v) is 3.66. The minimum absolute atomic E-state index is 0.0768. The van der Waals surface area contributed by atoms with Crippen molar-refractivity contribution in [2.75, 3.05) is 0 Å². The molecule has 0 aliphatic carbocycles. The van der Waals surface area contributed by atoms with E-state index in [2.05, 4.69) is 9.97 Å². The molecule has 1 aliphatic heterocycles. The SMILES string of the molecule is O=C1CCCCC(=O)N1Cc1cnc[nH]1. The predicted octanol–water partition coefficient (Wildman–Crippen LogP) is 0.839. The molecule has 0 aromatic carbocycles. The van der Waals surface area contributed by atoms with Gasteiger partial charge >= 0.3 is 0 Å². The van der Waals surface area contributed by atoms with Gasteiger partial charge in [0.05, 0.1) is 18.6 Å². The van der Waals surface area contributed by atoms with Gasteiger partial charge in [-0.05, 0) is 12.8 Å². The third-order valence-electron chi connectivity index (χ3n) is 2.52. The molecule has 0 radical (unpaired) electrons. The molecule has 1 aromatic heterocycles. The van der Waals surface area contributed by atoms with Crippen LogP contribution in [-0.4, -0.2) is 26.7 Å². The predicted molar refractivity (Wildman–Crippen MR) is 52.6 cm³/mol. The molecule has 80 valence electrons. The first-order chi connectivity index (χ1) is 7.27. The van der Waals surface area contributed by atoms with Crippen LogP contribution in [0.25, 0.3) is 0 Å². The summed E-state index contributed by atoms with van der Waals surface area (Å²) in [5, 5.41) is 0. The van der Waals surface area contributed by atoms with E-state index in [9.17, 15) is 9.59 Å². The molecule has 0 atom stereocenters. The molecule has 5 nitrogen and oxygen atoms in total. The van der Waals surface area contributed by atoms with Gasteiger partial charge < -0.3 is 4.98 Å². The average Bonchev–Trinajstić information content (AvgIpc) is 2.67. The summed E-state index contributed by atoms with van der Waals surface area (Å²) < 4.78 is 0. The van der Waals surface area contributed by atoms with Gasteiger partial charge in [0.25, 0.3) is 0 Å². The Morgan fingerprint density at radius 2 is 1.93 bits per heavy atom. The van der Waals surface area contributed by atoms with E-state index >= 15 is 0 Å². The van der Waals surface area contributed by atoms with Crippen molar-refractivity contribution in [2.45, 2.75) is 32.2 Å². The van der Waals surface area contributed by atoms with E-state index in [0.717, 1.165) is 18.5 Å². The van der Waals surface area contributed by atoms with E-state index in [0.29, 0.717) is 19.4 Å². The minimum Gasteiger partial charge on any atom is -0.347 e. The van der Waals surface area contributed by atoms with Crippen LogP contribution >= 0.6 is 0 Å². The maximum absolute atomic E-state index is 11.6. The van der Waals surface area contributed by atoms with Gasteiger partial charge in [-0.25, -0.2) is 4.98 Å². The zero-order valence-corrected chi connectivity index (χ0v) is 8.40. The molecule has 2 amide bonds. The summed E-state index contributed by atoms with van der Waals surface area (Å²) in [6, 6.07) is 0. The minimum atomic E-state index is -0.0768. The van der Waals surface area contributed by atoms with Gasteiger partial charge in [0.15, 0.2) is 0 Å². The highest BCUT2D eigenvalue weighted by molar-refractivity contribution is 5.95. The van der Waals surface area contributed by atoms with Crippen LogP contribution in [0.15, 0.2) is 12.5 Å². The number of rotatable bonds is 2. The van der Waals surface area contributed by atoms with E-state index < -0.39 is 0 Å². The lowest BCUT2D eigenvalue weighted by Crippen LogP contribution is -2.34. The zero-order valence-electron chi connectivity index (χ0n) is 8.40. The van der Waals surface area contributed by atoms with Gasteiger partial charge in [0, 0.05) is 19.0 Å². The number of hydrogen-bond acceptors (Lipinski definition) is 3. The number of hydrogen-bond donors (Lipinski definition) is 1. The van der Waals surface area contributed by atoms with Crippen molar-refractivity contribution in [3.63, 3.8) is 0 Å². The topological polar surface area (TPSA) is 66.1 Å². The van der Waals surface area contributed by atoms with E-state index in [1.54, 1.807) is 12.5 Å². The first-order valence-electron chi connectivity index (χ1n) is 5.08. The van der Waals surface area contributed by atoms with E-state index in [4.69, 9.17) is 0 Å². The fraction of sp³-hybridized carbons (Fsp3) is 0.500. The third-order valence-corrected chi connectivity index (χ3v) is 2.52. The Hall–Kier alpha value is -1.65. The van der Waals surface area contributed by atoms with Gasteiger partial charge in [-0.3, -0.25) is 14.5 Å².